The van der Waals surface area contributed by atoms with Gasteiger partial charge in [-0.1, -0.05) is 18.5 Å². The summed E-state index contributed by atoms with van der Waals surface area (Å²) in [5.74, 6) is 0.370. The summed E-state index contributed by atoms with van der Waals surface area (Å²) in [6.45, 7) is 4.36. The topological polar surface area (TPSA) is 78.5 Å². The molecule has 0 bridgehead atoms. The highest BCUT2D eigenvalue weighted by atomic mass is 35.5. The van der Waals surface area contributed by atoms with Gasteiger partial charge in [0.05, 0.1) is 5.02 Å². The monoisotopic (exact) mass is 421 g/mol. The van der Waals surface area contributed by atoms with E-state index in [4.69, 9.17) is 11.6 Å². The first-order chi connectivity index (χ1) is 13.3. The molecule has 2 aromatic rings. The number of piperidine rings is 1. The van der Waals surface area contributed by atoms with E-state index in [1.165, 1.54) is 38.1 Å². The molecule has 150 valence electrons. The van der Waals surface area contributed by atoms with E-state index in [1.807, 2.05) is 24.3 Å². The summed E-state index contributed by atoms with van der Waals surface area (Å²) in [6, 6.07) is 11.9. The van der Waals surface area contributed by atoms with Gasteiger partial charge in [0.25, 0.3) is 5.91 Å². The molecule has 2 N–H and O–H groups in total. The summed E-state index contributed by atoms with van der Waals surface area (Å²) < 4.78 is 26.3. The van der Waals surface area contributed by atoms with Crippen LogP contribution in [-0.2, 0) is 10.0 Å². The Balaban J connectivity index is 1.72. The Labute approximate surface area is 170 Å². The molecule has 1 aliphatic heterocycles. The van der Waals surface area contributed by atoms with Crippen molar-refractivity contribution in [3.05, 3.63) is 53.1 Å². The second kappa shape index (κ2) is 8.51. The molecule has 0 aliphatic carbocycles. The van der Waals surface area contributed by atoms with Crippen molar-refractivity contribution in [1.82, 2.24) is 4.72 Å². The van der Waals surface area contributed by atoms with Crippen molar-refractivity contribution in [3.63, 3.8) is 0 Å². The first kappa shape index (κ1) is 20.6. The maximum Gasteiger partial charge on any atom is 0.255 e. The summed E-state index contributed by atoms with van der Waals surface area (Å²) >= 11 is 5.97. The summed E-state index contributed by atoms with van der Waals surface area (Å²) in [5, 5.41) is 2.86. The van der Waals surface area contributed by atoms with Crippen LogP contribution >= 0.6 is 11.6 Å². The molecule has 2 aromatic carbocycles. The average Bonchev–Trinajstić information content (AvgIpc) is 2.69. The smallest absolute Gasteiger partial charge is 0.255 e. The average molecular weight is 422 g/mol. The van der Waals surface area contributed by atoms with Gasteiger partial charge in [0, 0.05) is 30.0 Å². The summed E-state index contributed by atoms with van der Waals surface area (Å²) in [6.07, 6.45) is 2.37. The molecule has 0 spiro atoms. The van der Waals surface area contributed by atoms with E-state index in [1.54, 1.807) is 0 Å². The number of nitrogens with zero attached hydrogens (tertiary/aromatic N) is 1. The highest BCUT2D eigenvalue weighted by molar-refractivity contribution is 7.89. The molecule has 8 heteroatoms. The van der Waals surface area contributed by atoms with Crippen molar-refractivity contribution < 1.29 is 13.2 Å². The minimum absolute atomic E-state index is 0.0612. The largest absolute Gasteiger partial charge is 0.372 e. The zero-order valence-corrected chi connectivity index (χ0v) is 17.5. The highest BCUT2D eigenvalue weighted by Gasteiger charge is 2.19. The van der Waals surface area contributed by atoms with Gasteiger partial charge in [-0.3, -0.25) is 4.79 Å². The van der Waals surface area contributed by atoms with E-state index < -0.39 is 15.9 Å². The summed E-state index contributed by atoms with van der Waals surface area (Å²) in [4.78, 5) is 14.8. The van der Waals surface area contributed by atoms with Crippen LogP contribution in [0, 0.1) is 5.92 Å². The number of halogens is 1. The molecule has 0 radical (unpaired) electrons. The lowest BCUT2D eigenvalue weighted by Crippen LogP contribution is -2.32. The number of anilines is 2. The molecule has 0 unspecified atom stereocenters. The van der Waals surface area contributed by atoms with Gasteiger partial charge in [-0.25, -0.2) is 13.1 Å². The van der Waals surface area contributed by atoms with Gasteiger partial charge in [0.15, 0.2) is 0 Å². The quantitative estimate of drug-likeness (QED) is 0.770. The van der Waals surface area contributed by atoms with Crippen LogP contribution in [0.4, 0.5) is 11.4 Å². The second-order valence-electron chi connectivity index (χ2n) is 7.02. The molecule has 6 nitrogen and oxygen atoms in total. The Hall–Kier alpha value is -2.09. The number of benzene rings is 2. The normalized spacial score (nSPS) is 15.5. The van der Waals surface area contributed by atoms with E-state index in [-0.39, 0.29) is 15.5 Å². The molecular formula is C20H24ClN3O3S. The zero-order valence-electron chi connectivity index (χ0n) is 15.9. The third kappa shape index (κ3) is 4.66. The Morgan fingerprint density at radius 2 is 1.75 bits per heavy atom. The van der Waals surface area contributed by atoms with Crippen LogP contribution in [0.2, 0.25) is 5.02 Å². The number of rotatable bonds is 5. The van der Waals surface area contributed by atoms with Gasteiger partial charge >= 0.3 is 0 Å². The molecule has 0 aromatic heterocycles. The van der Waals surface area contributed by atoms with Crippen molar-refractivity contribution in [2.24, 2.45) is 5.92 Å². The first-order valence-corrected chi connectivity index (χ1v) is 11.1. The van der Waals surface area contributed by atoms with Crippen molar-refractivity contribution in [1.29, 1.82) is 0 Å². The van der Waals surface area contributed by atoms with Crippen molar-refractivity contribution in [3.8, 4) is 0 Å². The molecule has 3 rings (SSSR count). The number of hydrogen-bond donors (Lipinski definition) is 2. The van der Waals surface area contributed by atoms with Gasteiger partial charge in [0.2, 0.25) is 10.0 Å². The van der Waals surface area contributed by atoms with E-state index >= 15 is 0 Å². The Morgan fingerprint density at radius 3 is 2.36 bits per heavy atom. The molecule has 0 saturated carbocycles. The Kier molecular flexibility index (Phi) is 6.27. The van der Waals surface area contributed by atoms with Gasteiger partial charge in [-0.2, -0.15) is 0 Å². The predicted octanol–water partition coefficient (Wildman–Crippen LogP) is 3.74. The van der Waals surface area contributed by atoms with E-state index in [2.05, 4.69) is 21.9 Å². The maximum atomic E-state index is 12.5. The molecule has 1 aliphatic rings. The van der Waals surface area contributed by atoms with Crippen LogP contribution in [0.25, 0.3) is 0 Å². The molecule has 1 amide bonds. The lowest BCUT2D eigenvalue weighted by molar-refractivity contribution is 0.102. The Morgan fingerprint density at radius 1 is 1.11 bits per heavy atom. The number of nitrogens with one attached hydrogen (secondary N) is 2. The van der Waals surface area contributed by atoms with E-state index in [9.17, 15) is 13.2 Å². The van der Waals surface area contributed by atoms with E-state index in [0.717, 1.165) is 24.7 Å². The van der Waals surface area contributed by atoms with Crippen LogP contribution in [-0.4, -0.2) is 34.5 Å². The molecule has 1 fully saturated rings. The van der Waals surface area contributed by atoms with Crippen LogP contribution in [0.3, 0.4) is 0 Å². The minimum atomic E-state index is -3.75. The van der Waals surface area contributed by atoms with Crippen LogP contribution < -0.4 is 14.9 Å². The summed E-state index contributed by atoms with van der Waals surface area (Å²) in [7, 11) is -2.45. The minimum Gasteiger partial charge on any atom is -0.372 e. The number of carbonyl (C=O) groups excluding carboxylic acids is 1. The van der Waals surface area contributed by atoms with Gasteiger partial charge in [-0.05, 0) is 68.3 Å². The van der Waals surface area contributed by atoms with Crippen molar-refractivity contribution in [2.45, 2.75) is 24.7 Å². The summed E-state index contributed by atoms with van der Waals surface area (Å²) in [5.41, 5.74) is 2.00. The zero-order chi connectivity index (χ0) is 20.3. The predicted molar refractivity (Wildman–Crippen MR) is 113 cm³/mol. The van der Waals surface area contributed by atoms with Crippen LogP contribution in [0.5, 0.6) is 0 Å². The fourth-order valence-electron chi connectivity index (χ4n) is 3.19. The lowest BCUT2D eigenvalue weighted by Gasteiger charge is -2.32. The fraction of sp³-hybridized carbons (Fsp3) is 0.350. The number of amides is 1. The van der Waals surface area contributed by atoms with Gasteiger partial charge < -0.3 is 10.2 Å². The third-order valence-electron chi connectivity index (χ3n) is 5.03. The van der Waals surface area contributed by atoms with Gasteiger partial charge in [0.1, 0.15) is 4.90 Å². The van der Waals surface area contributed by atoms with Crippen molar-refractivity contribution in [2.75, 3.05) is 30.4 Å². The fourth-order valence-corrected chi connectivity index (χ4v) is 4.44. The molecule has 1 heterocycles. The standard InChI is InChI=1S/C20H24ClN3O3S/c1-14-9-11-24(12-10-14)17-6-4-16(5-7-17)23-20(25)15-3-8-18(21)19(13-15)28(26,27)22-2/h3-8,13-14,22H,9-12H2,1-2H3,(H,23,25). The third-order valence-corrected chi connectivity index (χ3v) is 6.92. The maximum absolute atomic E-state index is 12.5. The van der Waals surface area contributed by atoms with Crippen LogP contribution in [0.1, 0.15) is 30.1 Å². The Bertz CT molecular complexity index is 953. The first-order valence-electron chi connectivity index (χ1n) is 9.19. The number of sulfonamides is 1. The van der Waals surface area contributed by atoms with Crippen LogP contribution in [0.15, 0.2) is 47.4 Å². The molecular weight excluding hydrogens is 398 g/mol. The van der Waals surface area contributed by atoms with Crippen molar-refractivity contribution >= 4 is 38.9 Å². The number of hydrogen-bond acceptors (Lipinski definition) is 4. The van der Waals surface area contributed by atoms with E-state index in [0.29, 0.717) is 5.69 Å². The molecule has 0 atom stereocenters. The number of carbonyl (C=O) groups is 1. The van der Waals surface area contributed by atoms with Gasteiger partial charge in [-0.15, -0.1) is 0 Å². The molecule has 1 saturated heterocycles. The highest BCUT2D eigenvalue weighted by Crippen LogP contribution is 2.25. The molecule has 28 heavy (non-hydrogen) atoms. The second-order valence-corrected chi connectivity index (χ2v) is 9.29. The lowest BCUT2D eigenvalue weighted by atomic mass is 9.99. The SMILES string of the molecule is CNS(=O)(=O)c1cc(C(=O)Nc2ccc(N3CCC(C)CC3)cc2)ccc1Cl.